The molecule has 1 unspecified atom stereocenters. The van der Waals surface area contributed by atoms with Gasteiger partial charge in [-0.05, 0) is 42.3 Å². The van der Waals surface area contributed by atoms with Crippen LogP contribution in [-0.4, -0.2) is 13.7 Å². The highest BCUT2D eigenvalue weighted by Gasteiger charge is 2.13. The molecule has 0 saturated heterocycles. The van der Waals surface area contributed by atoms with Gasteiger partial charge in [-0.25, -0.2) is 5.43 Å². The van der Waals surface area contributed by atoms with Crippen LogP contribution in [0.25, 0.3) is 0 Å². The average Bonchev–Trinajstić information content (AvgIpc) is 2.49. The number of nitrogens with two attached hydrogens (primary N) is 1. The summed E-state index contributed by atoms with van der Waals surface area (Å²) in [5.41, 5.74) is 4.98. The summed E-state index contributed by atoms with van der Waals surface area (Å²) < 4.78 is 10.7. The Bertz CT molecular complexity index is 540. The third-order valence-corrected chi connectivity index (χ3v) is 3.12. The maximum absolute atomic E-state index is 5.71. The molecule has 0 spiro atoms. The standard InChI is InChI=1S/C16H20N2O2/c1-3-20-15-6-4-5-13(11-15)16(18-17)12-7-9-14(19-2)10-8-12/h4-11,16,18H,3,17H2,1-2H3. The molecule has 0 aliphatic heterocycles. The molecule has 3 N–H and O–H groups in total. The van der Waals surface area contributed by atoms with Crippen LogP contribution in [0.1, 0.15) is 24.1 Å². The third-order valence-electron chi connectivity index (χ3n) is 3.12. The number of rotatable bonds is 6. The van der Waals surface area contributed by atoms with E-state index in [1.54, 1.807) is 7.11 Å². The molecule has 0 heterocycles. The lowest BCUT2D eigenvalue weighted by Crippen LogP contribution is -2.28. The van der Waals surface area contributed by atoms with Crippen LogP contribution in [0.2, 0.25) is 0 Å². The Morgan fingerprint density at radius 2 is 1.80 bits per heavy atom. The van der Waals surface area contributed by atoms with Crippen molar-refractivity contribution in [2.45, 2.75) is 13.0 Å². The number of hydrogen-bond donors (Lipinski definition) is 2. The number of methoxy groups -OCH3 is 1. The summed E-state index contributed by atoms with van der Waals surface area (Å²) in [6.07, 6.45) is 0. The predicted octanol–water partition coefficient (Wildman–Crippen LogP) is 2.65. The maximum atomic E-state index is 5.71. The Balaban J connectivity index is 2.28. The second-order valence-electron chi connectivity index (χ2n) is 4.38. The van der Waals surface area contributed by atoms with E-state index in [1.165, 1.54) is 0 Å². The van der Waals surface area contributed by atoms with Gasteiger partial charge in [0.1, 0.15) is 11.5 Å². The molecule has 2 aromatic carbocycles. The van der Waals surface area contributed by atoms with Crippen LogP contribution >= 0.6 is 0 Å². The van der Waals surface area contributed by atoms with Crippen LogP contribution in [0.5, 0.6) is 11.5 Å². The number of hydrogen-bond acceptors (Lipinski definition) is 4. The lowest BCUT2D eigenvalue weighted by Gasteiger charge is -2.18. The van der Waals surface area contributed by atoms with Crippen molar-refractivity contribution >= 4 is 0 Å². The average molecular weight is 272 g/mol. The summed E-state index contributed by atoms with van der Waals surface area (Å²) in [6, 6.07) is 15.7. The SMILES string of the molecule is CCOc1cccc(C(NN)c2ccc(OC)cc2)c1. The van der Waals surface area contributed by atoms with E-state index in [2.05, 4.69) is 5.43 Å². The fourth-order valence-electron chi connectivity index (χ4n) is 2.13. The molecule has 2 rings (SSSR count). The van der Waals surface area contributed by atoms with Crippen molar-refractivity contribution in [1.82, 2.24) is 5.43 Å². The predicted molar refractivity (Wildman–Crippen MR) is 79.8 cm³/mol. The van der Waals surface area contributed by atoms with Crippen molar-refractivity contribution in [3.63, 3.8) is 0 Å². The van der Waals surface area contributed by atoms with Gasteiger partial charge in [0.2, 0.25) is 0 Å². The van der Waals surface area contributed by atoms with Gasteiger partial charge >= 0.3 is 0 Å². The first-order chi connectivity index (χ1) is 9.78. The van der Waals surface area contributed by atoms with E-state index in [4.69, 9.17) is 15.3 Å². The molecule has 0 bridgehead atoms. The molecular weight excluding hydrogens is 252 g/mol. The van der Waals surface area contributed by atoms with Gasteiger partial charge in [0, 0.05) is 0 Å². The van der Waals surface area contributed by atoms with Crippen molar-refractivity contribution in [1.29, 1.82) is 0 Å². The normalized spacial score (nSPS) is 11.9. The fraction of sp³-hybridized carbons (Fsp3) is 0.250. The Labute approximate surface area is 119 Å². The van der Waals surface area contributed by atoms with Gasteiger partial charge in [0.05, 0.1) is 19.8 Å². The molecule has 0 aliphatic carbocycles. The zero-order valence-electron chi connectivity index (χ0n) is 11.8. The Hall–Kier alpha value is -2.04. The topological polar surface area (TPSA) is 56.5 Å². The van der Waals surface area contributed by atoms with Crippen LogP contribution < -0.4 is 20.7 Å². The molecule has 1 atom stereocenters. The molecule has 0 aliphatic rings. The van der Waals surface area contributed by atoms with Gasteiger partial charge in [0.15, 0.2) is 0 Å². The van der Waals surface area contributed by atoms with Crippen molar-refractivity contribution in [2.24, 2.45) is 5.84 Å². The van der Waals surface area contributed by atoms with Crippen LogP contribution in [0.3, 0.4) is 0 Å². The minimum absolute atomic E-state index is 0.0821. The first kappa shape index (κ1) is 14.4. The number of nitrogens with one attached hydrogen (secondary N) is 1. The molecule has 0 amide bonds. The molecule has 4 heteroatoms. The van der Waals surface area contributed by atoms with Crippen LogP contribution in [-0.2, 0) is 0 Å². The molecule has 106 valence electrons. The first-order valence-corrected chi connectivity index (χ1v) is 6.61. The molecule has 0 aromatic heterocycles. The second kappa shape index (κ2) is 6.93. The largest absolute Gasteiger partial charge is 0.497 e. The minimum atomic E-state index is -0.0821. The molecule has 0 fully saturated rings. The smallest absolute Gasteiger partial charge is 0.119 e. The summed E-state index contributed by atoms with van der Waals surface area (Å²) in [5, 5.41) is 0. The molecule has 2 aromatic rings. The molecule has 0 radical (unpaired) electrons. The van der Waals surface area contributed by atoms with Crippen molar-refractivity contribution in [3.05, 3.63) is 59.7 Å². The Morgan fingerprint density at radius 1 is 1.05 bits per heavy atom. The summed E-state index contributed by atoms with van der Waals surface area (Å²) in [7, 11) is 1.65. The van der Waals surface area contributed by atoms with Gasteiger partial charge in [-0.1, -0.05) is 24.3 Å². The van der Waals surface area contributed by atoms with Gasteiger partial charge in [-0.3, -0.25) is 5.84 Å². The number of hydrazine groups is 1. The minimum Gasteiger partial charge on any atom is -0.497 e. The third kappa shape index (κ3) is 3.29. The van der Waals surface area contributed by atoms with Gasteiger partial charge in [0.25, 0.3) is 0 Å². The van der Waals surface area contributed by atoms with Gasteiger partial charge in [-0.15, -0.1) is 0 Å². The highest BCUT2D eigenvalue weighted by molar-refractivity contribution is 5.38. The summed E-state index contributed by atoms with van der Waals surface area (Å²) in [6.45, 7) is 2.61. The van der Waals surface area contributed by atoms with E-state index in [0.717, 1.165) is 22.6 Å². The zero-order valence-corrected chi connectivity index (χ0v) is 11.8. The van der Waals surface area contributed by atoms with Crippen molar-refractivity contribution < 1.29 is 9.47 Å². The second-order valence-corrected chi connectivity index (χ2v) is 4.38. The first-order valence-electron chi connectivity index (χ1n) is 6.61. The monoisotopic (exact) mass is 272 g/mol. The van der Waals surface area contributed by atoms with E-state index >= 15 is 0 Å². The Kier molecular flexibility index (Phi) is 4.98. The fourth-order valence-corrected chi connectivity index (χ4v) is 2.13. The van der Waals surface area contributed by atoms with E-state index in [-0.39, 0.29) is 6.04 Å². The summed E-state index contributed by atoms with van der Waals surface area (Å²) >= 11 is 0. The van der Waals surface area contributed by atoms with E-state index in [1.807, 2.05) is 55.5 Å². The molecule has 0 saturated carbocycles. The van der Waals surface area contributed by atoms with Gasteiger partial charge < -0.3 is 9.47 Å². The zero-order chi connectivity index (χ0) is 14.4. The van der Waals surface area contributed by atoms with Crippen molar-refractivity contribution in [2.75, 3.05) is 13.7 Å². The maximum Gasteiger partial charge on any atom is 0.119 e. The van der Waals surface area contributed by atoms with E-state index in [9.17, 15) is 0 Å². The molecule has 20 heavy (non-hydrogen) atoms. The quantitative estimate of drug-likeness (QED) is 0.627. The lowest BCUT2D eigenvalue weighted by molar-refractivity contribution is 0.339. The van der Waals surface area contributed by atoms with E-state index < -0.39 is 0 Å². The van der Waals surface area contributed by atoms with Crippen LogP contribution in [0, 0.1) is 0 Å². The summed E-state index contributed by atoms with van der Waals surface area (Å²) in [5.74, 6) is 7.38. The summed E-state index contributed by atoms with van der Waals surface area (Å²) in [4.78, 5) is 0. The Morgan fingerprint density at radius 3 is 2.40 bits per heavy atom. The van der Waals surface area contributed by atoms with Crippen molar-refractivity contribution in [3.8, 4) is 11.5 Å². The molecular formula is C16H20N2O2. The highest BCUT2D eigenvalue weighted by Crippen LogP contribution is 2.26. The lowest BCUT2D eigenvalue weighted by atomic mass is 9.99. The highest BCUT2D eigenvalue weighted by atomic mass is 16.5. The van der Waals surface area contributed by atoms with Gasteiger partial charge in [-0.2, -0.15) is 0 Å². The number of ether oxygens (including phenoxy) is 2. The van der Waals surface area contributed by atoms with Crippen LogP contribution in [0.4, 0.5) is 0 Å². The number of benzene rings is 2. The van der Waals surface area contributed by atoms with Crippen LogP contribution in [0.15, 0.2) is 48.5 Å². The van der Waals surface area contributed by atoms with E-state index in [0.29, 0.717) is 6.61 Å². The molecule has 4 nitrogen and oxygen atoms in total.